The van der Waals surface area contributed by atoms with Gasteiger partial charge in [-0.2, -0.15) is 0 Å². The molecule has 3 N–H and O–H groups in total. The molecule has 0 atom stereocenters. The average molecular weight is 476 g/mol. The second-order valence-corrected chi connectivity index (χ2v) is 11.7. The van der Waals surface area contributed by atoms with Crippen LogP contribution < -0.4 is 26.9 Å². The molecule has 4 nitrogen and oxygen atoms in total. The average Bonchev–Trinajstić information content (AvgIpc) is 2.51. The molecule has 0 bridgehead atoms. The molecular formula is C21H35INO3-. The second kappa shape index (κ2) is 9.93. The van der Waals surface area contributed by atoms with Crippen molar-refractivity contribution < 1.29 is 35.8 Å². The first-order valence-corrected chi connectivity index (χ1v) is 12.3. The summed E-state index contributed by atoms with van der Waals surface area (Å²) in [6.45, 7) is 13.1. The van der Waals surface area contributed by atoms with Crippen LogP contribution in [0.5, 0.6) is 5.75 Å². The Morgan fingerprint density at radius 1 is 1.12 bits per heavy atom. The summed E-state index contributed by atoms with van der Waals surface area (Å²) in [5.74, 6) is 0.221. The summed E-state index contributed by atoms with van der Waals surface area (Å²) in [6.07, 6.45) is 1.91. The summed E-state index contributed by atoms with van der Waals surface area (Å²) < 4.78 is 7.21. The standard InChI is InChI=1S/C21H35INO3/c1-20(2,3)16-12-15(13-17(19(16)25)21(4,5)6)8-9-18(24)26-11-7-10-22-14-23/h12-13,25H,7-11,14,23H2,1-6H3/q-1. The molecule has 0 fully saturated rings. The van der Waals surface area contributed by atoms with E-state index in [9.17, 15) is 9.90 Å². The van der Waals surface area contributed by atoms with Gasteiger partial charge in [-0.1, -0.05) is 0 Å². The first-order valence-electron chi connectivity index (χ1n) is 9.23. The molecule has 0 aliphatic heterocycles. The van der Waals surface area contributed by atoms with Gasteiger partial charge in [0.05, 0.1) is 0 Å². The van der Waals surface area contributed by atoms with Crippen molar-refractivity contribution in [1.82, 2.24) is 0 Å². The molecule has 150 valence electrons. The number of aryl methyl sites for hydroxylation is 1. The monoisotopic (exact) mass is 476 g/mol. The zero-order chi connectivity index (χ0) is 20.0. The third kappa shape index (κ3) is 7.43. The zero-order valence-corrected chi connectivity index (χ0v) is 19.3. The van der Waals surface area contributed by atoms with Gasteiger partial charge in [0, 0.05) is 0 Å². The van der Waals surface area contributed by atoms with Crippen molar-refractivity contribution in [3.63, 3.8) is 0 Å². The Balaban J connectivity index is 2.82. The summed E-state index contributed by atoms with van der Waals surface area (Å²) in [4.78, 5) is 12.0. The number of ether oxygens (including phenoxy) is 1. The van der Waals surface area contributed by atoms with E-state index in [1.54, 1.807) is 0 Å². The van der Waals surface area contributed by atoms with Gasteiger partial charge in [-0.3, -0.25) is 0 Å². The third-order valence-electron chi connectivity index (χ3n) is 4.19. The van der Waals surface area contributed by atoms with Crippen molar-refractivity contribution in [2.24, 2.45) is 5.73 Å². The number of esters is 1. The Labute approximate surface area is 169 Å². The first-order chi connectivity index (χ1) is 12.0. The van der Waals surface area contributed by atoms with Crippen LogP contribution in [0.15, 0.2) is 12.1 Å². The van der Waals surface area contributed by atoms with Crippen LogP contribution in [0.1, 0.15) is 71.1 Å². The summed E-state index contributed by atoms with van der Waals surface area (Å²) in [5.41, 5.74) is 8.11. The SMILES string of the molecule is CC(C)(C)c1cc(CCC(=O)OCCC[I-]CN)cc(C(C)(C)C)c1O. The van der Waals surface area contributed by atoms with E-state index < -0.39 is 0 Å². The predicted octanol–water partition coefficient (Wildman–Crippen LogP) is 0.858. The van der Waals surface area contributed by atoms with Crippen LogP contribution in [-0.4, -0.2) is 26.7 Å². The topological polar surface area (TPSA) is 72.5 Å². The fourth-order valence-electron chi connectivity index (χ4n) is 2.71. The van der Waals surface area contributed by atoms with Crippen molar-refractivity contribution in [3.8, 4) is 5.75 Å². The molecule has 0 radical (unpaired) electrons. The van der Waals surface area contributed by atoms with E-state index in [1.165, 1.54) is 0 Å². The Hall–Kier alpha value is -0.820. The fraction of sp³-hybridized carbons (Fsp3) is 0.667. The molecule has 0 saturated carbocycles. The molecule has 5 heteroatoms. The van der Waals surface area contributed by atoms with Crippen molar-refractivity contribution in [2.75, 3.05) is 15.6 Å². The van der Waals surface area contributed by atoms with Crippen molar-refractivity contribution in [3.05, 3.63) is 28.8 Å². The number of benzene rings is 1. The van der Waals surface area contributed by atoms with Crippen LogP contribution in [0.25, 0.3) is 0 Å². The molecular weight excluding hydrogens is 441 g/mol. The number of phenols is 1. The number of alkyl halides is 2. The maximum atomic E-state index is 12.0. The minimum absolute atomic E-state index is 0.0796. The molecule has 0 saturated heterocycles. The summed E-state index contributed by atoms with van der Waals surface area (Å²) in [6, 6.07) is 4.06. The Morgan fingerprint density at radius 2 is 1.65 bits per heavy atom. The van der Waals surface area contributed by atoms with E-state index in [1.807, 2.05) is 12.1 Å². The van der Waals surface area contributed by atoms with Crippen molar-refractivity contribution in [1.29, 1.82) is 0 Å². The Morgan fingerprint density at radius 3 is 2.12 bits per heavy atom. The van der Waals surface area contributed by atoms with Crippen LogP contribution >= 0.6 is 0 Å². The maximum absolute atomic E-state index is 12.0. The van der Waals surface area contributed by atoms with E-state index in [2.05, 4.69) is 41.5 Å². The normalized spacial score (nSPS) is 12.4. The van der Waals surface area contributed by atoms with Gasteiger partial charge in [0.15, 0.2) is 0 Å². The molecule has 0 aliphatic rings. The van der Waals surface area contributed by atoms with Crippen LogP contribution in [0.2, 0.25) is 0 Å². The number of hydrogen-bond acceptors (Lipinski definition) is 4. The van der Waals surface area contributed by atoms with Crippen LogP contribution in [0.3, 0.4) is 0 Å². The van der Waals surface area contributed by atoms with E-state index in [0.29, 0.717) is 25.2 Å². The molecule has 0 unspecified atom stereocenters. The molecule has 0 amide bonds. The minimum atomic E-state index is -0.160. The molecule has 26 heavy (non-hydrogen) atoms. The number of hydrogen-bond donors (Lipinski definition) is 2. The van der Waals surface area contributed by atoms with E-state index in [4.69, 9.17) is 10.5 Å². The van der Waals surface area contributed by atoms with Crippen LogP contribution in [-0.2, 0) is 26.8 Å². The van der Waals surface area contributed by atoms with Crippen molar-refractivity contribution >= 4 is 5.97 Å². The number of carbonyl (C=O) groups excluding carboxylic acids is 1. The Kier molecular flexibility index (Phi) is 8.86. The van der Waals surface area contributed by atoms with Gasteiger partial charge < -0.3 is 0 Å². The molecule has 0 spiro atoms. The number of rotatable bonds is 8. The quantitative estimate of drug-likeness (QED) is 0.192. The van der Waals surface area contributed by atoms with E-state index in [0.717, 1.165) is 32.1 Å². The predicted molar refractivity (Wildman–Crippen MR) is 103 cm³/mol. The van der Waals surface area contributed by atoms with Crippen LogP contribution in [0.4, 0.5) is 0 Å². The van der Waals surface area contributed by atoms with Gasteiger partial charge in [-0.25, -0.2) is 0 Å². The number of halogens is 1. The van der Waals surface area contributed by atoms with Gasteiger partial charge in [0.2, 0.25) is 0 Å². The molecule has 0 aromatic heterocycles. The number of carbonyl (C=O) groups is 1. The van der Waals surface area contributed by atoms with Gasteiger partial charge in [-0.15, -0.1) is 0 Å². The van der Waals surface area contributed by atoms with Crippen molar-refractivity contribution in [2.45, 2.75) is 71.6 Å². The molecule has 1 aromatic rings. The van der Waals surface area contributed by atoms with Gasteiger partial charge in [0.1, 0.15) is 0 Å². The molecule has 0 heterocycles. The molecule has 1 aromatic carbocycles. The Bertz CT molecular complexity index is 565. The molecule has 0 aliphatic carbocycles. The summed E-state index contributed by atoms with van der Waals surface area (Å²) >= 11 is 0.0796. The first kappa shape index (κ1) is 23.2. The molecule has 1 rings (SSSR count). The van der Waals surface area contributed by atoms with E-state index in [-0.39, 0.29) is 38.0 Å². The summed E-state index contributed by atoms with van der Waals surface area (Å²) in [7, 11) is 0. The number of nitrogens with two attached hydrogens (primary N) is 1. The van der Waals surface area contributed by atoms with Crippen LogP contribution in [0, 0.1) is 0 Å². The second-order valence-electron chi connectivity index (χ2n) is 8.65. The van der Waals surface area contributed by atoms with Gasteiger partial charge in [-0.05, 0) is 0 Å². The van der Waals surface area contributed by atoms with E-state index >= 15 is 0 Å². The van der Waals surface area contributed by atoms with Gasteiger partial charge >= 0.3 is 169 Å². The number of aromatic hydroxyl groups is 1. The third-order valence-corrected chi connectivity index (χ3v) is 6.34. The van der Waals surface area contributed by atoms with Gasteiger partial charge in [0.25, 0.3) is 0 Å². The summed E-state index contributed by atoms with van der Waals surface area (Å²) in [5, 5.41) is 10.8. The fourth-order valence-corrected chi connectivity index (χ4v) is 4.00. The number of phenolic OH excluding ortho intramolecular Hbond substituents is 1. The zero-order valence-electron chi connectivity index (χ0n) is 17.1.